The van der Waals surface area contributed by atoms with E-state index >= 15 is 0 Å². The molecule has 0 bridgehead atoms. The Morgan fingerprint density at radius 2 is 2.13 bits per heavy atom. The smallest absolute Gasteiger partial charge is 0.124 e. The summed E-state index contributed by atoms with van der Waals surface area (Å²) in [5, 5.41) is 9.92. The molecular formula is C12H14BrFO. The van der Waals surface area contributed by atoms with Crippen LogP contribution in [0.1, 0.15) is 37.4 Å². The van der Waals surface area contributed by atoms with Crippen molar-refractivity contribution in [1.29, 1.82) is 0 Å². The Morgan fingerprint density at radius 3 is 2.67 bits per heavy atom. The van der Waals surface area contributed by atoms with E-state index in [1.807, 2.05) is 0 Å². The Morgan fingerprint density at radius 1 is 1.40 bits per heavy atom. The van der Waals surface area contributed by atoms with E-state index in [4.69, 9.17) is 0 Å². The molecule has 1 saturated carbocycles. The van der Waals surface area contributed by atoms with Gasteiger partial charge in [0.25, 0.3) is 0 Å². The summed E-state index contributed by atoms with van der Waals surface area (Å²) >= 11 is 3.23. The van der Waals surface area contributed by atoms with Crippen molar-refractivity contribution in [2.45, 2.75) is 31.8 Å². The maximum Gasteiger partial charge on any atom is 0.124 e. The number of hydrogen-bond donors (Lipinski definition) is 1. The van der Waals surface area contributed by atoms with Gasteiger partial charge in [-0.15, -0.1) is 0 Å². The third kappa shape index (κ3) is 2.79. The van der Waals surface area contributed by atoms with Crippen LogP contribution in [0.5, 0.6) is 0 Å². The first kappa shape index (κ1) is 11.1. The van der Waals surface area contributed by atoms with Gasteiger partial charge in [0.1, 0.15) is 5.82 Å². The van der Waals surface area contributed by atoms with Crippen molar-refractivity contribution in [2.24, 2.45) is 5.92 Å². The lowest BCUT2D eigenvalue weighted by Crippen LogP contribution is -2.14. The lowest BCUT2D eigenvalue weighted by Gasteiger charge is -2.27. The summed E-state index contributed by atoms with van der Waals surface area (Å²) in [5.74, 6) is 0.328. The van der Waals surface area contributed by atoms with Crippen LogP contribution in [0.3, 0.4) is 0 Å². The average molecular weight is 273 g/mol. The van der Waals surface area contributed by atoms with E-state index < -0.39 is 6.10 Å². The van der Waals surface area contributed by atoms with Crippen LogP contribution >= 0.6 is 15.9 Å². The van der Waals surface area contributed by atoms with E-state index in [2.05, 4.69) is 15.9 Å². The van der Waals surface area contributed by atoms with Crippen molar-refractivity contribution in [3.05, 3.63) is 34.1 Å². The standard InChI is InChI=1S/C12H14BrFO/c13-10-5-9(6-11(14)7-10)12(15)4-8-2-1-3-8/h5-8,12,15H,1-4H2. The molecule has 1 unspecified atom stereocenters. The number of hydrogen-bond acceptors (Lipinski definition) is 1. The van der Waals surface area contributed by atoms with Gasteiger partial charge in [0.05, 0.1) is 6.10 Å². The highest BCUT2D eigenvalue weighted by molar-refractivity contribution is 9.10. The number of benzene rings is 1. The van der Waals surface area contributed by atoms with Gasteiger partial charge in [-0.2, -0.15) is 0 Å². The second kappa shape index (κ2) is 4.62. The normalized spacial score (nSPS) is 18.6. The van der Waals surface area contributed by atoms with Crippen LogP contribution in [-0.4, -0.2) is 5.11 Å². The predicted octanol–water partition coefficient (Wildman–Crippen LogP) is 3.81. The molecular weight excluding hydrogens is 259 g/mol. The van der Waals surface area contributed by atoms with Gasteiger partial charge >= 0.3 is 0 Å². The quantitative estimate of drug-likeness (QED) is 0.887. The molecule has 1 atom stereocenters. The van der Waals surface area contributed by atoms with Crippen molar-refractivity contribution in [1.82, 2.24) is 0 Å². The van der Waals surface area contributed by atoms with Crippen LogP contribution in [0.25, 0.3) is 0 Å². The molecule has 3 heteroatoms. The molecule has 15 heavy (non-hydrogen) atoms. The largest absolute Gasteiger partial charge is 0.388 e. The first-order chi connectivity index (χ1) is 7.15. The summed E-state index contributed by atoms with van der Waals surface area (Å²) < 4.78 is 13.8. The van der Waals surface area contributed by atoms with E-state index in [-0.39, 0.29) is 5.82 Å². The van der Waals surface area contributed by atoms with Crippen LogP contribution in [0.15, 0.2) is 22.7 Å². The van der Waals surface area contributed by atoms with Crippen molar-refractivity contribution in [3.8, 4) is 0 Å². The Hall–Kier alpha value is -0.410. The zero-order chi connectivity index (χ0) is 10.8. The maximum atomic E-state index is 13.1. The minimum atomic E-state index is -0.526. The molecule has 0 radical (unpaired) electrons. The molecule has 2 rings (SSSR count). The molecule has 1 aromatic carbocycles. The third-order valence-electron chi connectivity index (χ3n) is 3.05. The van der Waals surface area contributed by atoms with Crippen LogP contribution in [0.4, 0.5) is 4.39 Å². The fourth-order valence-corrected chi connectivity index (χ4v) is 2.43. The molecule has 82 valence electrons. The Kier molecular flexibility index (Phi) is 3.42. The summed E-state index contributed by atoms with van der Waals surface area (Å²) in [4.78, 5) is 0. The Labute approximate surface area is 97.4 Å². The molecule has 1 aromatic rings. The summed E-state index contributed by atoms with van der Waals surface area (Å²) in [6, 6.07) is 4.60. The minimum absolute atomic E-state index is 0.299. The lowest BCUT2D eigenvalue weighted by molar-refractivity contribution is 0.118. The number of aliphatic hydroxyl groups excluding tert-OH is 1. The molecule has 1 aliphatic rings. The fraction of sp³-hybridized carbons (Fsp3) is 0.500. The molecule has 0 saturated heterocycles. The minimum Gasteiger partial charge on any atom is -0.388 e. The van der Waals surface area contributed by atoms with E-state index in [1.54, 1.807) is 6.07 Å². The maximum absolute atomic E-state index is 13.1. The number of rotatable bonds is 3. The van der Waals surface area contributed by atoms with Crippen molar-refractivity contribution < 1.29 is 9.50 Å². The highest BCUT2D eigenvalue weighted by Gasteiger charge is 2.22. The Bertz CT molecular complexity index is 329. The van der Waals surface area contributed by atoms with Crippen molar-refractivity contribution in [2.75, 3.05) is 0 Å². The SMILES string of the molecule is OC(CC1CCC1)c1cc(F)cc(Br)c1. The van der Waals surface area contributed by atoms with Crippen molar-refractivity contribution in [3.63, 3.8) is 0 Å². The van der Waals surface area contributed by atoms with Gasteiger partial charge in [-0.3, -0.25) is 0 Å². The second-order valence-corrected chi connectivity index (χ2v) is 5.17. The fourth-order valence-electron chi connectivity index (χ4n) is 1.95. The molecule has 1 aliphatic carbocycles. The molecule has 1 fully saturated rings. The third-order valence-corrected chi connectivity index (χ3v) is 3.51. The first-order valence-electron chi connectivity index (χ1n) is 5.29. The summed E-state index contributed by atoms with van der Waals surface area (Å²) in [7, 11) is 0. The average Bonchev–Trinajstić information content (AvgIpc) is 2.09. The number of halogens is 2. The van der Waals surface area contributed by atoms with Gasteiger partial charge in [0, 0.05) is 4.47 Å². The van der Waals surface area contributed by atoms with Gasteiger partial charge in [-0.05, 0) is 36.1 Å². The second-order valence-electron chi connectivity index (χ2n) is 4.25. The lowest BCUT2D eigenvalue weighted by atomic mass is 9.80. The number of aliphatic hydroxyl groups is 1. The molecule has 0 aromatic heterocycles. The Balaban J connectivity index is 2.06. The van der Waals surface area contributed by atoms with E-state index in [0.29, 0.717) is 16.0 Å². The molecule has 0 heterocycles. The van der Waals surface area contributed by atoms with Gasteiger partial charge in [-0.1, -0.05) is 35.2 Å². The molecule has 0 aliphatic heterocycles. The van der Waals surface area contributed by atoms with Crippen LogP contribution in [0, 0.1) is 11.7 Å². The van der Waals surface area contributed by atoms with Crippen LogP contribution in [0.2, 0.25) is 0 Å². The van der Waals surface area contributed by atoms with Crippen LogP contribution in [-0.2, 0) is 0 Å². The van der Waals surface area contributed by atoms with E-state index in [0.717, 1.165) is 6.42 Å². The highest BCUT2D eigenvalue weighted by atomic mass is 79.9. The van der Waals surface area contributed by atoms with Gasteiger partial charge < -0.3 is 5.11 Å². The van der Waals surface area contributed by atoms with Gasteiger partial charge in [0.2, 0.25) is 0 Å². The van der Waals surface area contributed by atoms with E-state index in [1.165, 1.54) is 31.4 Å². The van der Waals surface area contributed by atoms with E-state index in [9.17, 15) is 9.50 Å². The van der Waals surface area contributed by atoms with Gasteiger partial charge in [-0.25, -0.2) is 4.39 Å². The molecule has 1 N–H and O–H groups in total. The summed E-state index contributed by atoms with van der Waals surface area (Å²) in [6.45, 7) is 0. The molecule has 0 spiro atoms. The monoisotopic (exact) mass is 272 g/mol. The molecule has 0 amide bonds. The topological polar surface area (TPSA) is 20.2 Å². The first-order valence-corrected chi connectivity index (χ1v) is 6.08. The highest BCUT2D eigenvalue weighted by Crippen LogP contribution is 2.35. The van der Waals surface area contributed by atoms with Crippen LogP contribution < -0.4 is 0 Å². The molecule has 1 nitrogen and oxygen atoms in total. The zero-order valence-corrected chi connectivity index (χ0v) is 10.0. The van der Waals surface area contributed by atoms with Gasteiger partial charge in [0.15, 0.2) is 0 Å². The summed E-state index contributed by atoms with van der Waals surface area (Å²) in [5.41, 5.74) is 0.675. The summed E-state index contributed by atoms with van der Waals surface area (Å²) in [6.07, 6.45) is 3.91. The zero-order valence-electron chi connectivity index (χ0n) is 8.42. The van der Waals surface area contributed by atoms with Crippen molar-refractivity contribution >= 4 is 15.9 Å². The predicted molar refractivity (Wildman–Crippen MR) is 61.0 cm³/mol.